The maximum Gasteiger partial charge on any atom is 0.416 e. The Labute approximate surface area is 130 Å². The number of rotatable bonds is 2. The number of hydrogen-bond donors (Lipinski definition) is 1. The number of nitrogens with zero attached hydrogens (tertiary/aromatic N) is 3. The van der Waals surface area contributed by atoms with Crippen molar-refractivity contribution in [3.8, 4) is 0 Å². The molecule has 0 unspecified atom stereocenters. The summed E-state index contributed by atoms with van der Waals surface area (Å²) in [7, 11) is 0. The maximum atomic E-state index is 13.1. The van der Waals surface area contributed by atoms with Crippen molar-refractivity contribution in [3.05, 3.63) is 47.3 Å². The second-order valence-electron chi connectivity index (χ2n) is 5.52. The van der Waals surface area contributed by atoms with Gasteiger partial charge in [-0.25, -0.2) is 0 Å². The number of piperidine rings is 1. The Hall–Kier alpha value is -2.38. The van der Waals surface area contributed by atoms with Crippen molar-refractivity contribution in [1.82, 2.24) is 20.3 Å². The number of alkyl halides is 3. The Morgan fingerprint density at radius 2 is 1.91 bits per heavy atom. The first-order chi connectivity index (χ1) is 11.0. The van der Waals surface area contributed by atoms with Crippen molar-refractivity contribution < 1.29 is 18.0 Å². The minimum absolute atomic E-state index is 0.197. The zero-order chi connectivity index (χ0) is 16.4. The Balaban J connectivity index is 1.72. The first-order valence-electron chi connectivity index (χ1n) is 7.28. The van der Waals surface area contributed by atoms with Gasteiger partial charge in [-0.05, 0) is 30.4 Å². The number of aromatic nitrogens is 3. The van der Waals surface area contributed by atoms with Crippen LogP contribution >= 0.6 is 0 Å². The van der Waals surface area contributed by atoms with E-state index in [4.69, 9.17) is 0 Å². The lowest BCUT2D eigenvalue weighted by Crippen LogP contribution is -2.38. The molecule has 5 nitrogen and oxygen atoms in total. The van der Waals surface area contributed by atoms with Gasteiger partial charge in [0.15, 0.2) is 0 Å². The van der Waals surface area contributed by atoms with Crippen LogP contribution in [0.5, 0.6) is 0 Å². The number of H-pyrrole nitrogens is 1. The van der Waals surface area contributed by atoms with Gasteiger partial charge in [0.05, 0.1) is 11.8 Å². The molecule has 1 aliphatic rings. The molecule has 1 saturated heterocycles. The normalized spacial score (nSPS) is 16.6. The van der Waals surface area contributed by atoms with E-state index in [0.717, 1.165) is 6.07 Å². The van der Waals surface area contributed by atoms with Gasteiger partial charge in [-0.2, -0.15) is 13.2 Å². The van der Waals surface area contributed by atoms with Gasteiger partial charge < -0.3 is 4.90 Å². The van der Waals surface area contributed by atoms with Crippen molar-refractivity contribution in [2.45, 2.75) is 24.9 Å². The van der Waals surface area contributed by atoms with Crippen molar-refractivity contribution in [3.63, 3.8) is 0 Å². The molecular formula is C15H15F3N4O. The number of carbonyl (C=O) groups is 1. The van der Waals surface area contributed by atoms with E-state index in [9.17, 15) is 18.0 Å². The number of hydrogen-bond acceptors (Lipinski definition) is 3. The van der Waals surface area contributed by atoms with Crippen LogP contribution in [0.1, 0.15) is 40.4 Å². The van der Waals surface area contributed by atoms with E-state index in [1.807, 2.05) is 0 Å². The number of carbonyl (C=O) groups excluding carboxylic acids is 1. The molecule has 2 heterocycles. The highest BCUT2D eigenvalue weighted by molar-refractivity contribution is 5.91. The average Bonchev–Trinajstić information content (AvgIpc) is 3.08. The molecule has 0 spiro atoms. The summed E-state index contributed by atoms with van der Waals surface area (Å²) in [5.41, 5.74) is 0.0250. The average molecular weight is 324 g/mol. The van der Waals surface area contributed by atoms with Crippen LogP contribution in [0.3, 0.4) is 0 Å². The molecule has 23 heavy (non-hydrogen) atoms. The molecule has 2 aromatic rings. The van der Waals surface area contributed by atoms with E-state index in [1.54, 1.807) is 11.0 Å². The summed E-state index contributed by atoms with van der Waals surface area (Å²) in [6.45, 7) is 0.823. The zero-order valence-electron chi connectivity index (χ0n) is 12.2. The first-order valence-corrected chi connectivity index (χ1v) is 7.28. The minimum Gasteiger partial charge on any atom is -0.337 e. The highest BCUT2D eigenvalue weighted by Crippen LogP contribution is 2.38. The fraction of sp³-hybridized carbons (Fsp3) is 0.400. The van der Waals surface area contributed by atoms with Gasteiger partial charge in [0.2, 0.25) is 0 Å². The number of amides is 1. The van der Waals surface area contributed by atoms with Crippen LogP contribution in [0, 0.1) is 0 Å². The van der Waals surface area contributed by atoms with E-state index >= 15 is 0 Å². The van der Waals surface area contributed by atoms with Crippen molar-refractivity contribution in [1.29, 1.82) is 0 Å². The Morgan fingerprint density at radius 1 is 1.22 bits per heavy atom. The highest BCUT2D eigenvalue weighted by Gasteiger charge is 2.36. The summed E-state index contributed by atoms with van der Waals surface area (Å²) in [6.07, 6.45) is -2.01. The van der Waals surface area contributed by atoms with Crippen LogP contribution in [-0.4, -0.2) is 39.3 Å². The number of benzene rings is 1. The monoisotopic (exact) mass is 324 g/mol. The van der Waals surface area contributed by atoms with Crippen molar-refractivity contribution in [2.24, 2.45) is 0 Å². The van der Waals surface area contributed by atoms with E-state index in [-0.39, 0.29) is 11.8 Å². The molecule has 0 saturated carbocycles. The van der Waals surface area contributed by atoms with Crippen molar-refractivity contribution >= 4 is 5.91 Å². The SMILES string of the molecule is O=C(c1cnn[nH]1)N1CCC(c2ccccc2C(F)(F)F)CC1. The lowest BCUT2D eigenvalue weighted by Gasteiger charge is -2.32. The summed E-state index contributed by atoms with van der Waals surface area (Å²) >= 11 is 0. The standard InChI is InChI=1S/C15H15F3N4O/c16-15(17,18)12-4-2-1-3-11(12)10-5-7-22(8-6-10)14(23)13-9-19-21-20-13/h1-4,9-10H,5-8H2,(H,19,20,21). The fourth-order valence-corrected chi connectivity index (χ4v) is 2.98. The van der Waals surface area contributed by atoms with Gasteiger partial charge in [0.1, 0.15) is 5.69 Å². The van der Waals surface area contributed by atoms with Crippen LogP contribution in [0.15, 0.2) is 30.5 Å². The predicted octanol–water partition coefficient (Wildman–Crippen LogP) is 2.84. The van der Waals surface area contributed by atoms with Crippen LogP contribution in [-0.2, 0) is 6.18 Å². The molecule has 8 heteroatoms. The smallest absolute Gasteiger partial charge is 0.337 e. The van der Waals surface area contributed by atoms with Crippen LogP contribution in [0.4, 0.5) is 13.2 Å². The summed E-state index contributed by atoms with van der Waals surface area (Å²) in [5, 5.41) is 9.56. The predicted molar refractivity (Wildman–Crippen MR) is 75.7 cm³/mol. The van der Waals surface area contributed by atoms with E-state index < -0.39 is 11.7 Å². The van der Waals surface area contributed by atoms with Gasteiger partial charge in [-0.1, -0.05) is 23.4 Å². The molecule has 0 radical (unpaired) electrons. The van der Waals surface area contributed by atoms with Crippen LogP contribution in [0.2, 0.25) is 0 Å². The third-order valence-electron chi connectivity index (χ3n) is 4.13. The van der Waals surface area contributed by atoms with E-state index in [1.165, 1.54) is 18.3 Å². The highest BCUT2D eigenvalue weighted by atomic mass is 19.4. The summed E-state index contributed by atoms with van der Waals surface area (Å²) in [6, 6.07) is 5.67. The molecule has 1 aromatic heterocycles. The molecule has 0 bridgehead atoms. The summed E-state index contributed by atoms with van der Waals surface area (Å²) < 4.78 is 39.3. The molecule has 1 aliphatic heterocycles. The summed E-state index contributed by atoms with van der Waals surface area (Å²) in [5.74, 6) is -0.422. The Morgan fingerprint density at radius 3 is 2.52 bits per heavy atom. The largest absolute Gasteiger partial charge is 0.416 e. The fourth-order valence-electron chi connectivity index (χ4n) is 2.98. The third-order valence-corrected chi connectivity index (χ3v) is 4.13. The zero-order valence-corrected chi connectivity index (χ0v) is 12.2. The van der Waals surface area contributed by atoms with Gasteiger partial charge in [0.25, 0.3) is 5.91 Å². The molecule has 1 fully saturated rings. The molecule has 0 aliphatic carbocycles. The number of nitrogens with one attached hydrogen (secondary N) is 1. The van der Waals surface area contributed by atoms with E-state index in [0.29, 0.717) is 37.2 Å². The second kappa shape index (κ2) is 6.02. The van der Waals surface area contributed by atoms with Gasteiger partial charge >= 0.3 is 6.18 Å². The lowest BCUT2D eigenvalue weighted by molar-refractivity contribution is -0.138. The number of aromatic amines is 1. The van der Waals surface area contributed by atoms with Gasteiger partial charge in [-0.3, -0.25) is 9.89 Å². The second-order valence-corrected chi connectivity index (χ2v) is 5.52. The molecule has 1 amide bonds. The quantitative estimate of drug-likeness (QED) is 0.924. The molecule has 1 N–H and O–H groups in total. The first kappa shape index (κ1) is 15.5. The van der Waals surface area contributed by atoms with E-state index in [2.05, 4.69) is 15.4 Å². The Kier molecular flexibility index (Phi) is 4.06. The van der Waals surface area contributed by atoms with Crippen molar-refractivity contribution in [2.75, 3.05) is 13.1 Å². The lowest BCUT2D eigenvalue weighted by atomic mass is 9.86. The minimum atomic E-state index is -4.36. The third kappa shape index (κ3) is 3.20. The maximum absolute atomic E-state index is 13.1. The number of likely N-dealkylation sites (tertiary alicyclic amines) is 1. The summed E-state index contributed by atoms with van der Waals surface area (Å²) in [4.78, 5) is 13.8. The van der Waals surface area contributed by atoms with Gasteiger partial charge in [0, 0.05) is 13.1 Å². The number of halogens is 3. The topological polar surface area (TPSA) is 61.9 Å². The van der Waals surface area contributed by atoms with Gasteiger partial charge in [-0.15, -0.1) is 5.10 Å². The molecule has 1 aromatic carbocycles. The molecular weight excluding hydrogens is 309 g/mol. The molecule has 122 valence electrons. The molecule has 0 atom stereocenters. The Bertz CT molecular complexity index is 676. The molecule has 3 rings (SSSR count). The van der Waals surface area contributed by atoms with Crippen LogP contribution in [0.25, 0.3) is 0 Å². The van der Waals surface area contributed by atoms with Crippen LogP contribution < -0.4 is 0 Å².